The lowest BCUT2D eigenvalue weighted by atomic mass is 10.2. The Bertz CT molecular complexity index is 534. The zero-order chi connectivity index (χ0) is 12.4. The number of anilines is 1. The molecule has 17 heavy (non-hydrogen) atoms. The van der Waals surface area contributed by atoms with Crippen LogP contribution in [0.2, 0.25) is 0 Å². The number of carboxylic acids is 1. The molecule has 6 heteroatoms. The highest BCUT2D eigenvalue weighted by Crippen LogP contribution is 2.28. The topological polar surface area (TPSA) is 53.7 Å². The smallest absolute Gasteiger partial charge is 0.372 e. The van der Waals surface area contributed by atoms with Crippen molar-refractivity contribution < 1.29 is 14.3 Å². The van der Waals surface area contributed by atoms with Gasteiger partial charge in [-0.25, -0.2) is 4.79 Å². The van der Waals surface area contributed by atoms with Crippen molar-refractivity contribution in [2.24, 2.45) is 0 Å². The molecule has 0 radical (unpaired) electrons. The molecule has 1 N–H and O–H groups in total. The minimum absolute atomic E-state index is 0.00692. The first-order valence-electron chi connectivity index (χ1n) is 4.83. The van der Waals surface area contributed by atoms with Gasteiger partial charge in [0.15, 0.2) is 0 Å². The van der Waals surface area contributed by atoms with Gasteiger partial charge in [0.2, 0.25) is 5.76 Å². The fourth-order valence-electron chi connectivity index (χ4n) is 1.48. The second-order valence-corrected chi connectivity index (χ2v) is 5.34. The van der Waals surface area contributed by atoms with Gasteiger partial charge < -0.3 is 14.4 Å². The maximum atomic E-state index is 10.9. The molecule has 2 heterocycles. The van der Waals surface area contributed by atoms with Crippen molar-refractivity contribution >= 4 is 38.2 Å². The van der Waals surface area contributed by atoms with Crippen LogP contribution in [-0.4, -0.2) is 18.1 Å². The quantitative estimate of drug-likeness (QED) is 0.939. The van der Waals surface area contributed by atoms with Gasteiger partial charge in [-0.15, -0.1) is 11.3 Å². The summed E-state index contributed by atoms with van der Waals surface area (Å²) in [6, 6.07) is 3.67. The van der Waals surface area contributed by atoms with Gasteiger partial charge in [-0.1, -0.05) is 0 Å². The van der Waals surface area contributed by atoms with Crippen LogP contribution in [0.3, 0.4) is 0 Å². The number of thiophene rings is 1. The largest absolute Gasteiger partial charge is 0.475 e. The number of halogens is 1. The second kappa shape index (κ2) is 4.93. The van der Waals surface area contributed by atoms with Crippen molar-refractivity contribution in [2.75, 3.05) is 11.9 Å². The van der Waals surface area contributed by atoms with Gasteiger partial charge in [0.1, 0.15) is 0 Å². The first-order chi connectivity index (χ1) is 8.08. The van der Waals surface area contributed by atoms with E-state index < -0.39 is 5.97 Å². The van der Waals surface area contributed by atoms with Crippen LogP contribution in [0.5, 0.6) is 0 Å². The summed E-state index contributed by atoms with van der Waals surface area (Å²) in [6.45, 7) is 0.505. The fourth-order valence-corrected chi connectivity index (χ4v) is 2.87. The maximum Gasteiger partial charge on any atom is 0.372 e. The average Bonchev–Trinajstić information content (AvgIpc) is 2.86. The summed E-state index contributed by atoms with van der Waals surface area (Å²) in [4.78, 5) is 12.9. The predicted molar refractivity (Wildman–Crippen MR) is 69.8 cm³/mol. The van der Waals surface area contributed by atoms with Crippen LogP contribution < -0.4 is 4.90 Å². The summed E-state index contributed by atoms with van der Waals surface area (Å²) < 4.78 is 5.96. The van der Waals surface area contributed by atoms with Crippen molar-refractivity contribution in [3.63, 3.8) is 0 Å². The highest BCUT2D eigenvalue weighted by Gasteiger charge is 2.15. The number of hydrogen-bond acceptors (Lipinski definition) is 4. The standard InChI is InChI=1S/C11H10BrNO3S/c1-13(9-4-8(12)6-17-9)5-7-2-3-16-10(7)11(14)15/h2-4,6H,5H2,1H3,(H,14,15). The lowest BCUT2D eigenvalue weighted by Crippen LogP contribution is -2.16. The molecule has 0 aliphatic carbocycles. The Morgan fingerprint density at radius 2 is 2.41 bits per heavy atom. The molecular formula is C11H10BrNO3S. The monoisotopic (exact) mass is 315 g/mol. The fraction of sp³-hybridized carbons (Fsp3) is 0.182. The number of rotatable bonds is 4. The molecule has 0 saturated carbocycles. The average molecular weight is 316 g/mol. The van der Waals surface area contributed by atoms with Crippen LogP contribution in [0.1, 0.15) is 16.1 Å². The first-order valence-corrected chi connectivity index (χ1v) is 6.50. The summed E-state index contributed by atoms with van der Waals surface area (Å²) >= 11 is 4.98. The van der Waals surface area contributed by atoms with E-state index in [-0.39, 0.29) is 5.76 Å². The molecule has 0 atom stereocenters. The van der Waals surface area contributed by atoms with E-state index in [4.69, 9.17) is 9.52 Å². The Kier molecular flexibility index (Phi) is 3.54. The molecule has 4 nitrogen and oxygen atoms in total. The van der Waals surface area contributed by atoms with E-state index in [2.05, 4.69) is 15.9 Å². The van der Waals surface area contributed by atoms with E-state index in [0.29, 0.717) is 12.1 Å². The SMILES string of the molecule is CN(Cc1ccoc1C(=O)O)c1cc(Br)cs1. The van der Waals surface area contributed by atoms with Gasteiger partial charge in [-0.3, -0.25) is 0 Å². The number of furan rings is 1. The Morgan fingerprint density at radius 1 is 1.65 bits per heavy atom. The minimum Gasteiger partial charge on any atom is -0.475 e. The molecule has 0 amide bonds. The summed E-state index contributed by atoms with van der Waals surface area (Å²) in [6.07, 6.45) is 1.40. The van der Waals surface area contributed by atoms with Gasteiger partial charge in [-0.05, 0) is 28.1 Å². The third-order valence-corrected chi connectivity index (χ3v) is 4.08. The highest BCUT2D eigenvalue weighted by molar-refractivity contribution is 9.10. The Labute approximate surface area is 111 Å². The molecule has 2 aromatic heterocycles. The molecular weight excluding hydrogens is 306 g/mol. The van der Waals surface area contributed by atoms with Gasteiger partial charge >= 0.3 is 5.97 Å². The van der Waals surface area contributed by atoms with Crippen molar-refractivity contribution in [3.8, 4) is 0 Å². The third kappa shape index (κ3) is 2.70. The number of carboxylic acid groups (broad SMARTS) is 1. The van der Waals surface area contributed by atoms with Crippen molar-refractivity contribution in [3.05, 3.63) is 39.6 Å². The number of carbonyl (C=O) groups is 1. The zero-order valence-corrected chi connectivity index (χ0v) is 11.4. The normalized spacial score (nSPS) is 10.5. The van der Waals surface area contributed by atoms with Crippen LogP contribution >= 0.6 is 27.3 Å². The molecule has 0 aliphatic rings. The van der Waals surface area contributed by atoms with Crippen LogP contribution in [0, 0.1) is 0 Å². The molecule has 0 aromatic carbocycles. The van der Waals surface area contributed by atoms with E-state index in [0.717, 1.165) is 9.47 Å². The van der Waals surface area contributed by atoms with Gasteiger partial charge in [-0.2, -0.15) is 0 Å². The molecule has 90 valence electrons. The first kappa shape index (κ1) is 12.2. The molecule has 0 spiro atoms. The van der Waals surface area contributed by atoms with E-state index >= 15 is 0 Å². The molecule has 0 fully saturated rings. The molecule has 0 aliphatic heterocycles. The molecule has 0 saturated heterocycles. The summed E-state index contributed by atoms with van der Waals surface area (Å²) in [5.74, 6) is -1.03. The van der Waals surface area contributed by atoms with E-state index in [1.54, 1.807) is 17.4 Å². The second-order valence-electron chi connectivity index (χ2n) is 3.54. The van der Waals surface area contributed by atoms with E-state index in [1.165, 1.54) is 6.26 Å². The Balaban J connectivity index is 2.15. The van der Waals surface area contributed by atoms with Gasteiger partial charge in [0.05, 0.1) is 11.3 Å². The van der Waals surface area contributed by atoms with Gasteiger partial charge in [0, 0.05) is 29.0 Å². The number of aromatic carboxylic acids is 1. The Hall–Kier alpha value is -1.27. The summed E-state index contributed by atoms with van der Waals surface area (Å²) in [5, 5.41) is 12.0. The highest BCUT2D eigenvalue weighted by atomic mass is 79.9. The van der Waals surface area contributed by atoms with Crippen LogP contribution in [0.25, 0.3) is 0 Å². The lowest BCUT2D eigenvalue weighted by Gasteiger charge is -2.15. The van der Waals surface area contributed by atoms with Gasteiger partial charge in [0.25, 0.3) is 0 Å². The molecule has 0 bridgehead atoms. The minimum atomic E-state index is -1.04. The number of nitrogens with zero attached hydrogens (tertiary/aromatic N) is 1. The van der Waals surface area contributed by atoms with E-state index in [1.807, 2.05) is 23.4 Å². The van der Waals surface area contributed by atoms with Crippen molar-refractivity contribution in [1.82, 2.24) is 0 Å². The Morgan fingerprint density at radius 3 is 3.00 bits per heavy atom. The molecule has 0 unspecified atom stereocenters. The summed E-state index contributed by atoms with van der Waals surface area (Å²) in [7, 11) is 1.91. The number of hydrogen-bond donors (Lipinski definition) is 1. The predicted octanol–water partition coefficient (Wildman–Crippen LogP) is 3.44. The molecule has 2 aromatic rings. The third-order valence-electron chi connectivity index (χ3n) is 2.28. The summed E-state index contributed by atoms with van der Waals surface area (Å²) in [5.41, 5.74) is 0.671. The van der Waals surface area contributed by atoms with Crippen LogP contribution in [-0.2, 0) is 6.54 Å². The van der Waals surface area contributed by atoms with Crippen LogP contribution in [0.15, 0.2) is 32.7 Å². The zero-order valence-electron chi connectivity index (χ0n) is 9.01. The van der Waals surface area contributed by atoms with Crippen molar-refractivity contribution in [1.29, 1.82) is 0 Å². The van der Waals surface area contributed by atoms with E-state index in [9.17, 15) is 4.79 Å². The van der Waals surface area contributed by atoms with Crippen molar-refractivity contribution in [2.45, 2.75) is 6.54 Å². The maximum absolute atomic E-state index is 10.9. The van der Waals surface area contributed by atoms with Crippen LogP contribution in [0.4, 0.5) is 5.00 Å². The molecule has 2 rings (SSSR count). The lowest BCUT2D eigenvalue weighted by molar-refractivity contribution is 0.0661.